The highest BCUT2D eigenvalue weighted by molar-refractivity contribution is 7.99. The molecule has 0 bridgehead atoms. The Morgan fingerprint density at radius 3 is 2.62 bits per heavy atom. The van der Waals surface area contributed by atoms with Crippen molar-refractivity contribution in [2.24, 2.45) is 0 Å². The van der Waals surface area contributed by atoms with Crippen LogP contribution in [-0.2, 0) is 0 Å². The summed E-state index contributed by atoms with van der Waals surface area (Å²) in [5.74, 6) is 3.13. The Kier molecular flexibility index (Phi) is 7.35. The molecular weight excluding hydrogens is 462 g/mol. The fourth-order valence-corrected chi connectivity index (χ4v) is 5.81. The van der Waals surface area contributed by atoms with Crippen molar-refractivity contribution in [3.05, 3.63) is 82.0 Å². The molecule has 0 amide bonds. The molecule has 7 heteroatoms. The highest BCUT2D eigenvalue weighted by Crippen LogP contribution is 2.53. The highest BCUT2D eigenvalue weighted by atomic mass is 32.2. The Morgan fingerprint density at radius 2 is 1.82 bits per heavy atom. The van der Waals surface area contributed by atoms with E-state index in [1.54, 1.807) is 42.2 Å². The van der Waals surface area contributed by atoms with Crippen molar-refractivity contribution in [2.45, 2.75) is 18.2 Å². The van der Waals surface area contributed by atoms with E-state index in [0.29, 0.717) is 17.9 Å². The number of hydrogen-bond donors (Lipinski definition) is 0. The number of rotatable bonds is 6. The number of ether oxygens (including phenoxy) is 1. The molecule has 3 heterocycles. The molecule has 34 heavy (non-hydrogen) atoms. The lowest BCUT2D eigenvalue weighted by atomic mass is 10.1. The van der Waals surface area contributed by atoms with Crippen molar-refractivity contribution in [2.75, 3.05) is 12.4 Å². The second-order valence-electron chi connectivity index (χ2n) is 7.41. The smallest absolute Gasteiger partial charge is 0.155 e. The van der Waals surface area contributed by atoms with Crippen molar-refractivity contribution in [1.82, 2.24) is 0 Å². The van der Waals surface area contributed by atoms with Crippen molar-refractivity contribution >= 4 is 34.7 Å². The zero-order valence-electron chi connectivity index (χ0n) is 18.4. The Bertz CT molecular complexity index is 1410. The number of nitriles is 3. The first-order valence-corrected chi connectivity index (χ1v) is 12.3. The maximum atomic E-state index is 8.89. The van der Waals surface area contributed by atoms with E-state index in [4.69, 9.17) is 24.9 Å². The summed E-state index contributed by atoms with van der Waals surface area (Å²) in [6.45, 7) is 2.44. The van der Waals surface area contributed by atoms with Gasteiger partial charge >= 0.3 is 0 Å². The van der Waals surface area contributed by atoms with Gasteiger partial charge in [-0.3, -0.25) is 0 Å². The molecule has 0 aromatic carbocycles. The van der Waals surface area contributed by atoms with E-state index in [2.05, 4.69) is 18.2 Å². The van der Waals surface area contributed by atoms with Crippen LogP contribution in [0.5, 0.6) is 5.75 Å². The number of hydrogen-bond acceptors (Lipinski definition) is 7. The molecule has 0 saturated carbocycles. The zero-order chi connectivity index (χ0) is 23.9. The largest absolute Gasteiger partial charge is 0.490 e. The van der Waals surface area contributed by atoms with Crippen LogP contribution in [-0.4, -0.2) is 12.4 Å². The number of fused-ring (bicyclic) bond motifs is 1. The van der Waals surface area contributed by atoms with E-state index >= 15 is 0 Å². The molecule has 0 saturated heterocycles. The summed E-state index contributed by atoms with van der Waals surface area (Å²) in [5.41, 5.74) is 3.14. The number of thioether (sulfide) groups is 1. The minimum absolute atomic E-state index is 0.0364. The van der Waals surface area contributed by atoms with Crippen LogP contribution >= 0.6 is 23.1 Å². The van der Waals surface area contributed by atoms with Crippen LogP contribution in [0.25, 0.3) is 22.3 Å². The number of thiophene rings is 1. The van der Waals surface area contributed by atoms with E-state index in [1.165, 1.54) is 22.1 Å². The van der Waals surface area contributed by atoms with Gasteiger partial charge in [0.2, 0.25) is 0 Å². The Hall–Kier alpha value is -3.96. The van der Waals surface area contributed by atoms with Gasteiger partial charge in [0.25, 0.3) is 0 Å². The fraction of sp³-hybridized carbons (Fsp3) is 0.148. The molecule has 0 N–H and O–H groups in total. The van der Waals surface area contributed by atoms with Crippen LogP contribution in [0.2, 0.25) is 0 Å². The first kappa shape index (κ1) is 23.2. The minimum atomic E-state index is 0.0364. The van der Waals surface area contributed by atoms with Crippen molar-refractivity contribution in [3.63, 3.8) is 0 Å². The van der Waals surface area contributed by atoms with E-state index in [9.17, 15) is 0 Å². The molecule has 0 atom stereocenters. The molecule has 2 aromatic heterocycles. The molecule has 0 spiro atoms. The average Bonchev–Trinajstić information content (AvgIpc) is 3.60. The number of furan rings is 1. The van der Waals surface area contributed by atoms with Crippen LogP contribution in [0.1, 0.15) is 24.0 Å². The van der Waals surface area contributed by atoms with E-state index in [0.717, 1.165) is 33.5 Å². The second-order valence-corrected chi connectivity index (χ2v) is 9.54. The molecule has 0 unspecified atom stereocenters. The summed E-state index contributed by atoms with van der Waals surface area (Å²) >= 11 is 3.47. The van der Waals surface area contributed by atoms with Gasteiger partial charge in [0.1, 0.15) is 34.1 Å². The molecule has 2 aromatic rings. The number of nitrogens with zero attached hydrogens (tertiary/aromatic N) is 3. The van der Waals surface area contributed by atoms with Crippen LogP contribution < -0.4 is 4.74 Å². The van der Waals surface area contributed by atoms with Crippen LogP contribution in [0, 0.1) is 34.0 Å². The van der Waals surface area contributed by atoms with Gasteiger partial charge in [0.15, 0.2) is 5.75 Å². The lowest BCUT2D eigenvalue weighted by Gasteiger charge is -2.15. The Morgan fingerprint density at radius 1 is 1.00 bits per heavy atom. The molecule has 166 valence electrons. The lowest BCUT2D eigenvalue weighted by Crippen LogP contribution is -2.06. The maximum absolute atomic E-state index is 8.89. The SMILES string of the molecule is C/C(C#N)=C/C=C/C1=CC=C(c2sc(-c3ccc(/C=C/C=C(C#N)C#N)o3)c3c2SCCO3)C1. The summed E-state index contributed by atoms with van der Waals surface area (Å²) in [4.78, 5) is 3.31. The normalized spacial score (nSPS) is 15.2. The zero-order valence-corrected chi connectivity index (χ0v) is 20.0. The predicted molar refractivity (Wildman–Crippen MR) is 136 cm³/mol. The molecule has 1 aliphatic carbocycles. The summed E-state index contributed by atoms with van der Waals surface area (Å²) in [5, 5.41) is 26.6. The number of allylic oxidation sites excluding steroid dienone is 11. The standard InChI is InChI=1S/C27H19N3O2S2/c1-18(15-28)4-2-5-19-8-9-21(14-19)25-27-24(31-12-13-33-27)26(34-25)23-11-10-22(32-23)7-3-6-20(16-29)17-30/h2-11H,12-14H2,1H3/b5-2+,7-3+,18-4-. The fourth-order valence-electron chi connectivity index (χ4n) is 3.40. The summed E-state index contributed by atoms with van der Waals surface area (Å²) in [6, 6.07) is 9.54. The molecule has 5 nitrogen and oxygen atoms in total. The van der Waals surface area contributed by atoms with Gasteiger partial charge in [-0.1, -0.05) is 30.4 Å². The van der Waals surface area contributed by atoms with Crippen LogP contribution in [0.15, 0.2) is 80.7 Å². The van der Waals surface area contributed by atoms with Crippen LogP contribution in [0.4, 0.5) is 0 Å². The first-order chi connectivity index (χ1) is 16.6. The van der Waals surface area contributed by atoms with Gasteiger partial charge < -0.3 is 9.15 Å². The lowest BCUT2D eigenvalue weighted by molar-refractivity contribution is 0.332. The van der Waals surface area contributed by atoms with Gasteiger partial charge in [-0.25, -0.2) is 0 Å². The van der Waals surface area contributed by atoms with Crippen LogP contribution in [0.3, 0.4) is 0 Å². The van der Waals surface area contributed by atoms with Gasteiger partial charge in [0, 0.05) is 16.2 Å². The first-order valence-electron chi connectivity index (χ1n) is 10.5. The molecule has 1 aliphatic heterocycles. The molecule has 2 aliphatic rings. The third-order valence-corrected chi connectivity index (χ3v) is 7.47. The predicted octanol–water partition coefficient (Wildman–Crippen LogP) is 7.22. The quantitative estimate of drug-likeness (QED) is 0.319. The molecular formula is C27H19N3O2S2. The van der Waals surface area contributed by atoms with Gasteiger partial charge in [-0.05, 0) is 54.9 Å². The Balaban J connectivity index is 1.57. The average molecular weight is 482 g/mol. The highest BCUT2D eigenvalue weighted by Gasteiger charge is 2.28. The monoisotopic (exact) mass is 481 g/mol. The topological polar surface area (TPSA) is 93.7 Å². The van der Waals surface area contributed by atoms with E-state index < -0.39 is 0 Å². The maximum Gasteiger partial charge on any atom is 0.155 e. The van der Waals surface area contributed by atoms with Crippen molar-refractivity contribution < 1.29 is 9.15 Å². The molecule has 4 rings (SSSR count). The van der Waals surface area contributed by atoms with Gasteiger partial charge in [0.05, 0.1) is 17.6 Å². The summed E-state index contributed by atoms with van der Waals surface area (Å²) < 4.78 is 12.1. The van der Waals surface area contributed by atoms with Crippen molar-refractivity contribution in [3.8, 4) is 34.6 Å². The molecule has 0 fully saturated rings. The summed E-state index contributed by atoms with van der Waals surface area (Å²) in [6.07, 6.45) is 15.7. The van der Waals surface area contributed by atoms with Gasteiger partial charge in [-0.2, -0.15) is 15.8 Å². The van der Waals surface area contributed by atoms with E-state index in [-0.39, 0.29) is 5.57 Å². The van der Waals surface area contributed by atoms with Gasteiger partial charge in [-0.15, -0.1) is 23.1 Å². The minimum Gasteiger partial charge on any atom is -0.490 e. The van der Waals surface area contributed by atoms with E-state index in [1.807, 2.05) is 42.5 Å². The second kappa shape index (κ2) is 10.8. The molecule has 0 radical (unpaired) electrons. The van der Waals surface area contributed by atoms with Crippen molar-refractivity contribution in [1.29, 1.82) is 15.8 Å². The Labute approximate surface area is 206 Å². The summed E-state index contributed by atoms with van der Waals surface area (Å²) in [7, 11) is 0. The third kappa shape index (κ3) is 5.16. The third-order valence-electron chi connectivity index (χ3n) is 5.03.